The number of aromatic nitrogens is 2. The van der Waals surface area contributed by atoms with E-state index in [2.05, 4.69) is 42.3 Å². The van der Waals surface area contributed by atoms with Crippen LogP contribution in [0.1, 0.15) is 69.0 Å². The maximum Gasteiger partial charge on any atom is 0.0829 e. The van der Waals surface area contributed by atoms with Gasteiger partial charge in [-0.3, -0.25) is 0 Å². The minimum Gasteiger partial charge on any atom is -0.309 e. The largest absolute Gasteiger partial charge is 0.309 e. The van der Waals surface area contributed by atoms with Crippen molar-refractivity contribution in [3.8, 4) is 0 Å². The van der Waals surface area contributed by atoms with Gasteiger partial charge in [0.05, 0.1) is 10.6 Å². The monoisotopic (exact) mass is 267 g/mol. The quantitative estimate of drug-likeness (QED) is 0.541. The smallest absolute Gasteiger partial charge is 0.0829 e. The Hall–Kier alpha value is -0.740. The second-order valence-corrected chi connectivity index (χ2v) is 5.69. The Balaban J connectivity index is 2.73. The predicted molar refractivity (Wildman–Crippen MR) is 79.1 cm³/mol. The third-order valence-corrected chi connectivity index (χ3v) is 3.80. The van der Waals surface area contributed by atoms with E-state index in [1.54, 1.807) is 11.5 Å². The topological polar surface area (TPSA) is 37.8 Å². The maximum absolute atomic E-state index is 4.28. The average molecular weight is 267 g/mol. The SMILES string of the molecule is C=CCCCC(NCCC)c1snnc1C(C)C. The zero-order valence-electron chi connectivity index (χ0n) is 11.8. The molecule has 1 atom stereocenters. The van der Waals surface area contributed by atoms with Crippen molar-refractivity contribution in [1.29, 1.82) is 0 Å². The molecule has 102 valence electrons. The third kappa shape index (κ3) is 4.50. The van der Waals surface area contributed by atoms with Gasteiger partial charge in [-0.15, -0.1) is 11.7 Å². The van der Waals surface area contributed by atoms with Gasteiger partial charge >= 0.3 is 0 Å². The Morgan fingerprint density at radius 1 is 1.44 bits per heavy atom. The normalized spacial score (nSPS) is 12.9. The second-order valence-electron chi connectivity index (χ2n) is 4.90. The van der Waals surface area contributed by atoms with Crippen LogP contribution in [0.2, 0.25) is 0 Å². The van der Waals surface area contributed by atoms with Crippen molar-refractivity contribution >= 4 is 11.5 Å². The fourth-order valence-corrected chi connectivity index (χ4v) is 2.87. The van der Waals surface area contributed by atoms with Crippen molar-refractivity contribution in [2.75, 3.05) is 6.54 Å². The summed E-state index contributed by atoms with van der Waals surface area (Å²) in [5, 5.41) is 7.90. The van der Waals surface area contributed by atoms with Crippen LogP contribution < -0.4 is 5.32 Å². The molecule has 0 spiro atoms. The van der Waals surface area contributed by atoms with Crippen LogP contribution in [0.25, 0.3) is 0 Å². The molecule has 1 heterocycles. The van der Waals surface area contributed by atoms with Crippen molar-refractivity contribution in [2.24, 2.45) is 0 Å². The molecule has 0 bridgehead atoms. The molecule has 4 heteroatoms. The van der Waals surface area contributed by atoms with E-state index in [-0.39, 0.29) is 0 Å². The fraction of sp³-hybridized carbons (Fsp3) is 0.714. The van der Waals surface area contributed by atoms with Crippen LogP contribution in [0.3, 0.4) is 0 Å². The summed E-state index contributed by atoms with van der Waals surface area (Å²) in [6.07, 6.45) is 6.52. The first-order valence-electron chi connectivity index (χ1n) is 6.87. The van der Waals surface area contributed by atoms with Gasteiger partial charge in [-0.2, -0.15) is 0 Å². The van der Waals surface area contributed by atoms with Gasteiger partial charge in [0.15, 0.2) is 0 Å². The molecule has 0 aliphatic rings. The Morgan fingerprint density at radius 2 is 2.22 bits per heavy atom. The molecule has 1 aromatic heterocycles. The number of rotatable bonds is 9. The molecule has 0 aliphatic carbocycles. The van der Waals surface area contributed by atoms with Crippen LogP contribution in [-0.4, -0.2) is 16.1 Å². The van der Waals surface area contributed by atoms with Crippen molar-refractivity contribution in [1.82, 2.24) is 14.9 Å². The summed E-state index contributed by atoms with van der Waals surface area (Å²) < 4.78 is 4.13. The van der Waals surface area contributed by atoms with E-state index in [4.69, 9.17) is 0 Å². The number of hydrogen-bond acceptors (Lipinski definition) is 4. The fourth-order valence-electron chi connectivity index (χ4n) is 1.96. The highest BCUT2D eigenvalue weighted by molar-refractivity contribution is 7.05. The number of unbranched alkanes of at least 4 members (excludes halogenated alkanes) is 1. The van der Waals surface area contributed by atoms with Crippen molar-refractivity contribution in [3.63, 3.8) is 0 Å². The summed E-state index contributed by atoms with van der Waals surface area (Å²) in [7, 11) is 0. The Morgan fingerprint density at radius 3 is 2.83 bits per heavy atom. The zero-order valence-corrected chi connectivity index (χ0v) is 12.6. The van der Waals surface area contributed by atoms with Gasteiger partial charge in [-0.25, -0.2) is 0 Å². The van der Waals surface area contributed by atoms with E-state index >= 15 is 0 Å². The van der Waals surface area contributed by atoms with Gasteiger partial charge in [0.2, 0.25) is 0 Å². The van der Waals surface area contributed by atoms with E-state index in [0.717, 1.165) is 31.5 Å². The molecule has 18 heavy (non-hydrogen) atoms. The van der Waals surface area contributed by atoms with Gasteiger partial charge < -0.3 is 5.32 Å². The second kappa shape index (κ2) is 8.38. The molecule has 0 saturated heterocycles. The van der Waals surface area contributed by atoms with Gasteiger partial charge in [0.1, 0.15) is 0 Å². The number of hydrogen-bond donors (Lipinski definition) is 1. The molecule has 0 radical (unpaired) electrons. The first kappa shape index (κ1) is 15.3. The zero-order chi connectivity index (χ0) is 13.4. The highest BCUT2D eigenvalue weighted by Crippen LogP contribution is 2.29. The first-order valence-corrected chi connectivity index (χ1v) is 7.64. The lowest BCUT2D eigenvalue weighted by atomic mass is 10.0. The molecule has 0 aliphatic heterocycles. The Kier molecular flexibility index (Phi) is 7.13. The van der Waals surface area contributed by atoms with Crippen molar-refractivity contribution < 1.29 is 0 Å². The summed E-state index contributed by atoms with van der Waals surface area (Å²) in [4.78, 5) is 1.32. The van der Waals surface area contributed by atoms with Gasteiger partial charge in [-0.1, -0.05) is 31.3 Å². The molecular weight excluding hydrogens is 242 g/mol. The van der Waals surface area contributed by atoms with Crippen molar-refractivity contribution in [3.05, 3.63) is 23.2 Å². The molecule has 1 rings (SSSR count). The number of nitrogens with one attached hydrogen (secondary N) is 1. The lowest BCUT2D eigenvalue weighted by Gasteiger charge is -2.18. The molecule has 1 unspecified atom stereocenters. The van der Waals surface area contributed by atoms with Crippen LogP contribution in [0, 0.1) is 0 Å². The first-order chi connectivity index (χ1) is 8.70. The van der Waals surface area contributed by atoms with E-state index in [1.807, 2.05) is 6.08 Å². The Bertz CT molecular complexity index is 347. The molecule has 3 nitrogen and oxygen atoms in total. The summed E-state index contributed by atoms with van der Waals surface area (Å²) in [6.45, 7) is 11.4. The van der Waals surface area contributed by atoms with E-state index in [0.29, 0.717) is 12.0 Å². The van der Waals surface area contributed by atoms with Crippen LogP contribution in [0.4, 0.5) is 0 Å². The molecule has 0 amide bonds. The van der Waals surface area contributed by atoms with Crippen LogP contribution in [-0.2, 0) is 0 Å². The van der Waals surface area contributed by atoms with E-state index in [1.165, 1.54) is 11.3 Å². The number of nitrogens with zero attached hydrogens (tertiary/aromatic N) is 2. The van der Waals surface area contributed by atoms with Gasteiger partial charge in [0.25, 0.3) is 0 Å². The summed E-state index contributed by atoms with van der Waals surface area (Å²) >= 11 is 1.55. The van der Waals surface area contributed by atoms with Crippen LogP contribution >= 0.6 is 11.5 Å². The van der Waals surface area contributed by atoms with Crippen LogP contribution in [0.15, 0.2) is 12.7 Å². The molecule has 1 N–H and O–H groups in total. The van der Waals surface area contributed by atoms with Gasteiger partial charge in [0, 0.05) is 6.04 Å². The molecule has 0 aromatic carbocycles. The highest BCUT2D eigenvalue weighted by atomic mass is 32.1. The summed E-state index contributed by atoms with van der Waals surface area (Å²) in [5.74, 6) is 0.448. The van der Waals surface area contributed by atoms with Gasteiger partial charge in [-0.05, 0) is 49.7 Å². The molecule has 1 aromatic rings. The summed E-state index contributed by atoms with van der Waals surface area (Å²) in [6, 6.07) is 0.405. The molecule has 0 fully saturated rings. The standard InChI is InChI=1S/C14H25N3S/c1-5-7-8-9-12(15-10-6-2)14-13(11(3)4)16-17-18-14/h5,11-12,15H,1,6-10H2,2-4H3. The third-order valence-electron chi connectivity index (χ3n) is 2.95. The molecular formula is C14H25N3S. The Labute approximate surface area is 115 Å². The maximum atomic E-state index is 4.28. The van der Waals surface area contributed by atoms with Crippen LogP contribution in [0.5, 0.6) is 0 Å². The minimum atomic E-state index is 0.405. The lowest BCUT2D eigenvalue weighted by molar-refractivity contribution is 0.487. The van der Waals surface area contributed by atoms with Crippen molar-refractivity contribution in [2.45, 2.75) is 58.4 Å². The predicted octanol–water partition coefficient (Wildman–Crippen LogP) is 4.06. The van der Waals surface area contributed by atoms with E-state index in [9.17, 15) is 0 Å². The summed E-state index contributed by atoms with van der Waals surface area (Å²) in [5.41, 5.74) is 1.16. The highest BCUT2D eigenvalue weighted by Gasteiger charge is 2.20. The molecule has 0 saturated carbocycles. The number of allylic oxidation sites excluding steroid dienone is 1. The van der Waals surface area contributed by atoms with E-state index < -0.39 is 0 Å². The lowest BCUT2D eigenvalue weighted by Crippen LogP contribution is -2.22. The minimum absolute atomic E-state index is 0.405. The average Bonchev–Trinajstić information content (AvgIpc) is 2.82.